The third-order valence-corrected chi connectivity index (χ3v) is 2.60. The van der Waals surface area contributed by atoms with E-state index in [4.69, 9.17) is 4.74 Å². The number of carbonyl (C=O) groups excluding carboxylic acids is 1. The quantitative estimate of drug-likeness (QED) is 0.807. The monoisotopic (exact) mass is 249 g/mol. The summed E-state index contributed by atoms with van der Waals surface area (Å²) in [5.74, 6) is 1.48. The molecule has 3 nitrogen and oxygen atoms in total. The molecular formula is C15H23NO2. The van der Waals surface area contributed by atoms with E-state index in [1.54, 1.807) is 0 Å². The fraction of sp³-hybridized carbons (Fsp3) is 0.533. The van der Waals surface area contributed by atoms with E-state index in [2.05, 4.69) is 19.2 Å². The number of amides is 1. The van der Waals surface area contributed by atoms with Crippen LogP contribution < -0.4 is 10.1 Å². The van der Waals surface area contributed by atoms with Crippen molar-refractivity contribution in [1.29, 1.82) is 0 Å². The molecular weight excluding hydrogens is 226 g/mol. The summed E-state index contributed by atoms with van der Waals surface area (Å²) in [5.41, 5.74) is 1.10. The molecule has 0 spiro atoms. The predicted molar refractivity (Wildman–Crippen MR) is 73.8 cm³/mol. The highest BCUT2D eigenvalue weighted by Gasteiger charge is 2.06. The summed E-state index contributed by atoms with van der Waals surface area (Å²) in [6, 6.07) is 7.89. The van der Waals surface area contributed by atoms with Crippen molar-refractivity contribution in [2.24, 2.45) is 5.92 Å². The minimum Gasteiger partial charge on any atom is -0.494 e. The number of nitrogens with one attached hydrogen (secondary N) is 1. The first kappa shape index (κ1) is 14.6. The molecule has 100 valence electrons. The number of hydrogen-bond donors (Lipinski definition) is 1. The van der Waals surface area contributed by atoms with Gasteiger partial charge in [0.1, 0.15) is 5.75 Å². The Hall–Kier alpha value is -1.51. The lowest BCUT2D eigenvalue weighted by Gasteiger charge is -2.10. The van der Waals surface area contributed by atoms with Crippen LogP contribution in [0.5, 0.6) is 5.75 Å². The predicted octanol–water partition coefficient (Wildman–Crippen LogP) is 2.79. The molecule has 0 bridgehead atoms. The Kier molecular flexibility index (Phi) is 6.26. The van der Waals surface area contributed by atoms with Crippen LogP contribution in [-0.2, 0) is 11.2 Å². The van der Waals surface area contributed by atoms with Crippen molar-refractivity contribution in [3.8, 4) is 5.75 Å². The second kappa shape index (κ2) is 7.75. The van der Waals surface area contributed by atoms with Crippen LogP contribution in [0.25, 0.3) is 0 Å². The van der Waals surface area contributed by atoms with Crippen molar-refractivity contribution < 1.29 is 9.53 Å². The lowest BCUT2D eigenvalue weighted by molar-refractivity contribution is -0.121. The third kappa shape index (κ3) is 5.21. The molecule has 1 aromatic carbocycles. The summed E-state index contributed by atoms with van der Waals surface area (Å²) >= 11 is 0. The Morgan fingerprint density at radius 3 is 2.72 bits per heavy atom. The highest BCUT2D eigenvalue weighted by Crippen LogP contribution is 2.19. The third-order valence-electron chi connectivity index (χ3n) is 2.60. The van der Waals surface area contributed by atoms with Gasteiger partial charge in [-0.3, -0.25) is 4.79 Å². The molecule has 0 saturated carbocycles. The molecule has 0 fully saturated rings. The smallest absolute Gasteiger partial charge is 0.220 e. The first-order valence-corrected chi connectivity index (χ1v) is 6.60. The maximum atomic E-state index is 11.6. The van der Waals surface area contributed by atoms with E-state index < -0.39 is 0 Å². The summed E-state index contributed by atoms with van der Waals surface area (Å²) < 4.78 is 5.54. The molecule has 0 heterocycles. The first-order valence-electron chi connectivity index (χ1n) is 6.60. The lowest BCUT2D eigenvalue weighted by Crippen LogP contribution is -2.27. The maximum Gasteiger partial charge on any atom is 0.220 e. The van der Waals surface area contributed by atoms with E-state index in [9.17, 15) is 4.79 Å². The molecule has 0 saturated heterocycles. The Morgan fingerprint density at radius 2 is 2.06 bits per heavy atom. The Balaban J connectivity index is 2.45. The van der Waals surface area contributed by atoms with Crippen LogP contribution in [0.2, 0.25) is 0 Å². The summed E-state index contributed by atoms with van der Waals surface area (Å²) in [5, 5.41) is 2.92. The van der Waals surface area contributed by atoms with Gasteiger partial charge in [0.2, 0.25) is 5.91 Å². The topological polar surface area (TPSA) is 38.3 Å². The van der Waals surface area contributed by atoms with Crippen molar-refractivity contribution in [3.05, 3.63) is 29.8 Å². The Labute approximate surface area is 110 Å². The molecule has 0 aromatic heterocycles. The number of para-hydroxylation sites is 1. The molecule has 1 amide bonds. The minimum atomic E-state index is 0.106. The first-order chi connectivity index (χ1) is 8.63. The van der Waals surface area contributed by atoms with Crippen LogP contribution in [0.1, 0.15) is 32.8 Å². The number of carbonyl (C=O) groups is 1. The van der Waals surface area contributed by atoms with Gasteiger partial charge in [-0.25, -0.2) is 0 Å². The lowest BCUT2D eigenvalue weighted by atomic mass is 10.1. The van der Waals surface area contributed by atoms with E-state index in [0.717, 1.165) is 24.3 Å². The van der Waals surface area contributed by atoms with E-state index >= 15 is 0 Å². The summed E-state index contributed by atoms with van der Waals surface area (Å²) in [7, 11) is 0. The van der Waals surface area contributed by atoms with Crippen molar-refractivity contribution in [1.82, 2.24) is 5.32 Å². The highest BCUT2D eigenvalue weighted by atomic mass is 16.5. The fourth-order valence-corrected chi connectivity index (χ4v) is 1.66. The molecule has 18 heavy (non-hydrogen) atoms. The van der Waals surface area contributed by atoms with Gasteiger partial charge in [0.15, 0.2) is 0 Å². The molecule has 3 heteroatoms. The van der Waals surface area contributed by atoms with Crippen LogP contribution in [0.15, 0.2) is 24.3 Å². The fourth-order valence-electron chi connectivity index (χ4n) is 1.66. The number of aryl methyl sites for hydroxylation is 1. The van der Waals surface area contributed by atoms with Gasteiger partial charge in [-0.2, -0.15) is 0 Å². The number of benzene rings is 1. The van der Waals surface area contributed by atoms with E-state index in [0.29, 0.717) is 18.9 Å². The highest BCUT2D eigenvalue weighted by molar-refractivity contribution is 5.76. The van der Waals surface area contributed by atoms with Gasteiger partial charge < -0.3 is 10.1 Å². The molecule has 0 radical (unpaired) electrons. The van der Waals surface area contributed by atoms with Gasteiger partial charge >= 0.3 is 0 Å². The van der Waals surface area contributed by atoms with Crippen molar-refractivity contribution in [3.63, 3.8) is 0 Å². The van der Waals surface area contributed by atoms with E-state index in [1.807, 2.05) is 31.2 Å². The van der Waals surface area contributed by atoms with Gasteiger partial charge in [0.05, 0.1) is 6.61 Å². The Bertz CT molecular complexity index is 375. The van der Waals surface area contributed by atoms with Crippen LogP contribution in [-0.4, -0.2) is 19.1 Å². The largest absolute Gasteiger partial charge is 0.494 e. The number of rotatable bonds is 7. The van der Waals surface area contributed by atoms with E-state index in [1.165, 1.54) is 0 Å². The number of hydrogen-bond acceptors (Lipinski definition) is 2. The van der Waals surface area contributed by atoms with Crippen molar-refractivity contribution >= 4 is 5.91 Å². The maximum absolute atomic E-state index is 11.6. The van der Waals surface area contributed by atoms with Gasteiger partial charge in [-0.15, -0.1) is 0 Å². The molecule has 0 unspecified atom stereocenters. The van der Waals surface area contributed by atoms with Gasteiger partial charge in [0.25, 0.3) is 0 Å². The summed E-state index contributed by atoms with van der Waals surface area (Å²) in [6.07, 6.45) is 1.23. The molecule has 1 rings (SSSR count). The summed E-state index contributed by atoms with van der Waals surface area (Å²) in [6.45, 7) is 7.53. The zero-order chi connectivity index (χ0) is 13.4. The molecule has 0 aliphatic carbocycles. The van der Waals surface area contributed by atoms with Gasteiger partial charge in [-0.05, 0) is 30.9 Å². The summed E-state index contributed by atoms with van der Waals surface area (Å²) in [4.78, 5) is 11.6. The van der Waals surface area contributed by atoms with Crippen molar-refractivity contribution in [2.45, 2.75) is 33.6 Å². The van der Waals surface area contributed by atoms with E-state index in [-0.39, 0.29) is 5.91 Å². The zero-order valence-electron chi connectivity index (χ0n) is 11.5. The van der Waals surface area contributed by atoms with Gasteiger partial charge in [-0.1, -0.05) is 32.0 Å². The normalized spacial score (nSPS) is 10.4. The standard InChI is InChI=1S/C15H23NO2/c1-4-18-14-8-6-5-7-13(14)9-10-15(17)16-11-12(2)3/h5-8,12H,4,9-11H2,1-3H3,(H,16,17). The number of ether oxygens (including phenoxy) is 1. The minimum absolute atomic E-state index is 0.106. The molecule has 0 aliphatic rings. The molecule has 0 atom stereocenters. The average Bonchev–Trinajstić information content (AvgIpc) is 2.35. The van der Waals surface area contributed by atoms with Crippen LogP contribution in [0, 0.1) is 5.92 Å². The zero-order valence-corrected chi connectivity index (χ0v) is 11.5. The second-order valence-corrected chi connectivity index (χ2v) is 4.74. The molecule has 1 aromatic rings. The SMILES string of the molecule is CCOc1ccccc1CCC(=O)NCC(C)C. The van der Waals surface area contributed by atoms with Crippen LogP contribution in [0.4, 0.5) is 0 Å². The van der Waals surface area contributed by atoms with Crippen molar-refractivity contribution in [2.75, 3.05) is 13.2 Å². The molecule has 1 N–H and O–H groups in total. The Morgan fingerprint density at radius 1 is 1.33 bits per heavy atom. The average molecular weight is 249 g/mol. The van der Waals surface area contributed by atoms with Crippen LogP contribution >= 0.6 is 0 Å². The van der Waals surface area contributed by atoms with Gasteiger partial charge in [0, 0.05) is 13.0 Å². The van der Waals surface area contributed by atoms with Crippen LogP contribution in [0.3, 0.4) is 0 Å². The molecule has 0 aliphatic heterocycles. The second-order valence-electron chi connectivity index (χ2n) is 4.74.